The fourth-order valence-electron chi connectivity index (χ4n) is 4.45. The predicted molar refractivity (Wildman–Crippen MR) is 125 cm³/mol. The lowest BCUT2D eigenvalue weighted by Crippen LogP contribution is -2.52. The summed E-state index contributed by atoms with van der Waals surface area (Å²) in [7, 11) is 0. The number of ether oxygens (including phenoxy) is 1. The van der Waals surface area contributed by atoms with E-state index in [1.807, 2.05) is 0 Å². The highest BCUT2D eigenvalue weighted by Gasteiger charge is 2.42. The molecular formula is C24H21F3N6O3. The molecule has 186 valence electrons. The molecule has 0 aliphatic heterocycles. The Labute approximate surface area is 202 Å². The fourth-order valence-corrected chi connectivity index (χ4v) is 4.45. The number of amides is 1. The van der Waals surface area contributed by atoms with Crippen molar-refractivity contribution >= 4 is 22.6 Å². The first-order chi connectivity index (χ1) is 17.1. The van der Waals surface area contributed by atoms with Crippen LogP contribution in [0, 0.1) is 5.82 Å². The van der Waals surface area contributed by atoms with E-state index in [-0.39, 0.29) is 57.8 Å². The lowest BCUT2D eigenvalue weighted by atomic mass is 9.83. The van der Waals surface area contributed by atoms with Crippen molar-refractivity contribution in [3.8, 4) is 28.3 Å². The Morgan fingerprint density at radius 1 is 1.19 bits per heavy atom. The quantitative estimate of drug-likeness (QED) is 0.298. The molecule has 1 saturated carbocycles. The number of hydrogen-bond acceptors (Lipinski definition) is 7. The number of hydrogen-bond donors (Lipinski definition) is 4. The molecule has 2 aromatic carbocycles. The van der Waals surface area contributed by atoms with E-state index >= 15 is 4.39 Å². The van der Waals surface area contributed by atoms with Crippen LogP contribution in [0.1, 0.15) is 29.2 Å². The molecule has 1 amide bonds. The molecule has 5 rings (SSSR count). The number of primary amides is 1. The number of anilines is 1. The molecule has 0 bridgehead atoms. The van der Waals surface area contributed by atoms with Crippen LogP contribution in [0.4, 0.5) is 19.0 Å². The van der Waals surface area contributed by atoms with Gasteiger partial charge in [0.1, 0.15) is 34.1 Å². The van der Waals surface area contributed by atoms with E-state index in [2.05, 4.69) is 14.8 Å². The van der Waals surface area contributed by atoms with Crippen LogP contribution in [0.15, 0.2) is 48.5 Å². The number of fused-ring (bicyclic) bond motifs is 1. The van der Waals surface area contributed by atoms with Gasteiger partial charge in [0.2, 0.25) is 0 Å². The second-order valence-electron chi connectivity index (χ2n) is 8.66. The first-order valence-corrected chi connectivity index (χ1v) is 10.9. The summed E-state index contributed by atoms with van der Waals surface area (Å²) in [6, 6.07) is 12.1. The van der Waals surface area contributed by atoms with Gasteiger partial charge in [-0.25, -0.2) is 14.1 Å². The van der Waals surface area contributed by atoms with Crippen molar-refractivity contribution in [2.75, 3.05) is 5.73 Å². The predicted octanol–water partition coefficient (Wildman–Crippen LogP) is 3.17. The van der Waals surface area contributed by atoms with Crippen molar-refractivity contribution in [1.29, 1.82) is 0 Å². The molecule has 4 aromatic rings. The molecule has 2 aromatic heterocycles. The third kappa shape index (κ3) is 3.99. The molecule has 7 N–H and O–H groups in total. The number of pyridine rings is 1. The first kappa shape index (κ1) is 23.6. The van der Waals surface area contributed by atoms with Crippen molar-refractivity contribution in [1.82, 2.24) is 14.8 Å². The molecule has 36 heavy (non-hydrogen) atoms. The molecule has 0 saturated heterocycles. The van der Waals surface area contributed by atoms with Gasteiger partial charge in [-0.2, -0.15) is 13.9 Å². The molecule has 12 heteroatoms. The van der Waals surface area contributed by atoms with Gasteiger partial charge in [0, 0.05) is 35.4 Å². The minimum atomic E-state index is -3.15. The number of carbonyl (C=O) groups excluding carboxylic acids is 1. The number of alkyl halides is 2. The van der Waals surface area contributed by atoms with Gasteiger partial charge >= 0.3 is 6.61 Å². The average molecular weight is 498 g/mol. The van der Waals surface area contributed by atoms with Gasteiger partial charge in [-0.1, -0.05) is 30.3 Å². The summed E-state index contributed by atoms with van der Waals surface area (Å²) in [6.07, 6.45) is 0.236. The second-order valence-corrected chi connectivity index (χ2v) is 8.66. The molecule has 0 atom stereocenters. The number of nitrogens with two attached hydrogens (primary N) is 3. The maximum Gasteiger partial charge on any atom is 0.387 e. The highest BCUT2D eigenvalue weighted by molar-refractivity contribution is 6.04. The first-order valence-electron chi connectivity index (χ1n) is 10.9. The molecule has 0 radical (unpaired) electrons. The number of rotatable bonds is 6. The highest BCUT2D eigenvalue weighted by atomic mass is 19.3. The van der Waals surface area contributed by atoms with Crippen LogP contribution in [0.25, 0.3) is 33.4 Å². The van der Waals surface area contributed by atoms with Crippen LogP contribution >= 0.6 is 0 Å². The van der Waals surface area contributed by atoms with Crippen LogP contribution < -0.4 is 21.9 Å². The fraction of sp³-hybridized carbons (Fsp3) is 0.208. The summed E-state index contributed by atoms with van der Waals surface area (Å²) in [5, 5.41) is 14.2. The molecule has 2 heterocycles. The number of aromatic nitrogens is 3. The minimum Gasteiger partial charge on any atom is -0.434 e. The smallest absolute Gasteiger partial charge is 0.387 e. The van der Waals surface area contributed by atoms with E-state index in [0.717, 1.165) is 0 Å². The van der Waals surface area contributed by atoms with Gasteiger partial charge in [-0.15, -0.1) is 0 Å². The lowest BCUT2D eigenvalue weighted by Gasteiger charge is -2.40. The molecule has 9 nitrogen and oxygen atoms in total. The number of benzene rings is 2. The van der Waals surface area contributed by atoms with Gasteiger partial charge in [0.25, 0.3) is 5.91 Å². The van der Waals surface area contributed by atoms with Crippen LogP contribution in [0.3, 0.4) is 0 Å². The van der Waals surface area contributed by atoms with Crippen LogP contribution in [0.5, 0.6) is 5.75 Å². The Morgan fingerprint density at radius 2 is 1.89 bits per heavy atom. The van der Waals surface area contributed by atoms with Crippen LogP contribution in [-0.2, 0) is 0 Å². The SMILES string of the molecule is NC(=O)c1c(-c2ccc3c(OC(F)F)cc(-c4ccccc4)nc3c2F)nn(C2CC(N)(O)C2)c1N. The Kier molecular flexibility index (Phi) is 5.57. The Morgan fingerprint density at radius 3 is 2.50 bits per heavy atom. The van der Waals surface area contributed by atoms with Crippen molar-refractivity contribution < 1.29 is 27.8 Å². The normalized spacial score (nSPS) is 19.4. The third-order valence-corrected chi connectivity index (χ3v) is 6.14. The largest absolute Gasteiger partial charge is 0.434 e. The van der Waals surface area contributed by atoms with E-state index < -0.39 is 30.1 Å². The second kappa shape index (κ2) is 8.50. The molecule has 1 fully saturated rings. The Hall–Kier alpha value is -4.16. The summed E-state index contributed by atoms with van der Waals surface area (Å²) < 4.78 is 48.2. The van der Waals surface area contributed by atoms with Gasteiger partial charge in [0.15, 0.2) is 5.82 Å². The lowest BCUT2D eigenvalue weighted by molar-refractivity contribution is -0.0644. The highest BCUT2D eigenvalue weighted by Crippen LogP contribution is 2.42. The average Bonchev–Trinajstić information content (AvgIpc) is 3.14. The maximum atomic E-state index is 16.0. The summed E-state index contributed by atoms with van der Waals surface area (Å²) in [6.45, 7) is -3.15. The maximum absolute atomic E-state index is 16.0. The van der Waals surface area contributed by atoms with Gasteiger partial charge in [-0.05, 0) is 12.1 Å². The van der Waals surface area contributed by atoms with E-state index in [9.17, 15) is 18.7 Å². The summed E-state index contributed by atoms with van der Waals surface area (Å²) in [5.41, 5.74) is 15.9. The Balaban J connectivity index is 1.71. The number of nitrogens with zero attached hydrogens (tertiary/aromatic N) is 3. The molecule has 0 spiro atoms. The van der Waals surface area contributed by atoms with Crippen molar-refractivity contribution in [3.05, 3.63) is 59.9 Å². The van der Waals surface area contributed by atoms with Crippen LogP contribution in [-0.4, -0.2) is 38.1 Å². The molecular weight excluding hydrogens is 477 g/mol. The van der Waals surface area contributed by atoms with Crippen molar-refractivity contribution in [2.45, 2.75) is 31.2 Å². The Bertz CT molecular complexity index is 1480. The molecule has 0 unspecified atom stereocenters. The summed E-state index contributed by atoms with van der Waals surface area (Å²) in [5.74, 6) is -2.25. The zero-order valence-electron chi connectivity index (χ0n) is 18.7. The summed E-state index contributed by atoms with van der Waals surface area (Å²) >= 11 is 0. The third-order valence-electron chi connectivity index (χ3n) is 6.14. The molecule has 1 aliphatic carbocycles. The summed E-state index contributed by atoms with van der Waals surface area (Å²) in [4.78, 5) is 16.6. The topological polar surface area (TPSA) is 155 Å². The van der Waals surface area contributed by atoms with Crippen molar-refractivity contribution in [2.24, 2.45) is 11.5 Å². The van der Waals surface area contributed by atoms with E-state index in [0.29, 0.717) is 5.56 Å². The zero-order valence-corrected chi connectivity index (χ0v) is 18.7. The van der Waals surface area contributed by atoms with Crippen LogP contribution in [0.2, 0.25) is 0 Å². The standard InChI is InChI=1S/C24H21F3N6O3/c25-18-14(19-17(22(29)34)21(28)33(32-19)12-9-24(30,35)10-12)7-6-13-16(36-23(26)27)8-15(31-20(13)18)11-4-2-1-3-5-11/h1-8,12,23,35H,9-10,28,30H2,(H2,29,34). The van der Waals surface area contributed by atoms with Gasteiger partial charge < -0.3 is 27.0 Å². The monoisotopic (exact) mass is 498 g/mol. The van der Waals surface area contributed by atoms with E-state index in [4.69, 9.17) is 17.2 Å². The van der Waals surface area contributed by atoms with E-state index in [1.165, 1.54) is 22.9 Å². The minimum absolute atomic E-state index is 0.00329. The number of halogens is 3. The van der Waals surface area contributed by atoms with Gasteiger partial charge in [0.05, 0.1) is 11.7 Å². The van der Waals surface area contributed by atoms with Crippen molar-refractivity contribution in [3.63, 3.8) is 0 Å². The number of carbonyl (C=O) groups is 1. The molecule has 1 aliphatic rings. The van der Waals surface area contributed by atoms with Gasteiger partial charge in [-0.3, -0.25) is 4.79 Å². The number of nitrogen functional groups attached to an aromatic ring is 1. The number of aliphatic hydroxyl groups is 1. The van der Waals surface area contributed by atoms with E-state index in [1.54, 1.807) is 30.3 Å². The zero-order chi connectivity index (χ0) is 25.8.